The molecule has 0 unspecified atom stereocenters. The zero-order chi connectivity index (χ0) is 16.0. The van der Waals surface area contributed by atoms with Crippen LogP contribution < -0.4 is 0 Å². The Bertz CT molecular complexity index is 572. The highest BCUT2D eigenvalue weighted by Crippen LogP contribution is 2.16. The number of rotatable bonds is 6. The van der Waals surface area contributed by atoms with Crippen molar-refractivity contribution in [3.63, 3.8) is 0 Å². The third-order valence-corrected chi connectivity index (χ3v) is 3.08. The van der Waals surface area contributed by atoms with Crippen LogP contribution in [0.1, 0.15) is 26.3 Å². The molecule has 0 atom stereocenters. The predicted molar refractivity (Wildman–Crippen MR) is 79.7 cm³/mol. The molecule has 0 spiro atoms. The molecule has 0 radical (unpaired) electrons. The Labute approximate surface area is 123 Å². The van der Waals surface area contributed by atoms with Gasteiger partial charge in [0, 0.05) is 25.2 Å². The maximum Gasteiger partial charge on any atom is 0.269 e. The molecule has 0 bridgehead atoms. The van der Waals surface area contributed by atoms with Crippen LogP contribution in [-0.2, 0) is 9.59 Å². The van der Waals surface area contributed by atoms with E-state index >= 15 is 0 Å². The molecule has 21 heavy (non-hydrogen) atoms. The summed E-state index contributed by atoms with van der Waals surface area (Å²) in [4.78, 5) is 35.6. The van der Waals surface area contributed by atoms with Gasteiger partial charge in [0.15, 0.2) is 5.78 Å². The maximum atomic E-state index is 12.3. The number of ketones is 1. The molecule has 0 N–H and O–H groups in total. The normalized spacial score (nSPS) is 11.1. The Hall–Kier alpha value is -2.50. The van der Waals surface area contributed by atoms with Gasteiger partial charge in [-0.25, -0.2) is 0 Å². The molecule has 0 saturated carbocycles. The molecule has 1 amide bonds. The summed E-state index contributed by atoms with van der Waals surface area (Å²) in [5.74, 6) is -0.656. The van der Waals surface area contributed by atoms with E-state index < -0.39 is 4.92 Å². The van der Waals surface area contributed by atoms with E-state index in [-0.39, 0.29) is 23.0 Å². The molecule has 1 aromatic carbocycles. The van der Waals surface area contributed by atoms with E-state index in [9.17, 15) is 19.7 Å². The molecular weight excluding hydrogens is 272 g/mol. The van der Waals surface area contributed by atoms with Crippen molar-refractivity contribution in [2.45, 2.75) is 20.8 Å². The summed E-state index contributed by atoms with van der Waals surface area (Å²) in [6, 6.07) is 5.70. The van der Waals surface area contributed by atoms with Crippen LogP contribution in [0.25, 0.3) is 6.08 Å². The quantitative estimate of drug-likeness (QED) is 0.265. The first-order chi connectivity index (χ1) is 9.90. The van der Waals surface area contributed by atoms with Gasteiger partial charge in [-0.1, -0.05) is 0 Å². The molecule has 0 fully saturated rings. The van der Waals surface area contributed by atoms with Crippen LogP contribution in [0.15, 0.2) is 29.8 Å². The first-order valence-electron chi connectivity index (χ1n) is 6.67. The lowest BCUT2D eigenvalue weighted by molar-refractivity contribution is -0.384. The highest BCUT2D eigenvalue weighted by molar-refractivity contribution is 6.21. The summed E-state index contributed by atoms with van der Waals surface area (Å²) in [7, 11) is 0. The first kappa shape index (κ1) is 16.6. The number of benzene rings is 1. The zero-order valence-electron chi connectivity index (χ0n) is 12.3. The van der Waals surface area contributed by atoms with Gasteiger partial charge in [-0.2, -0.15) is 0 Å². The second kappa shape index (κ2) is 7.33. The fourth-order valence-electron chi connectivity index (χ4n) is 1.85. The Morgan fingerprint density at radius 2 is 1.71 bits per heavy atom. The van der Waals surface area contributed by atoms with Gasteiger partial charge in [0.05, 0.1) is 10.5 Å². The Morgan fingerprint density at radius 3 is 2.10 bits per heavy atom. The number of carbonyl (C=O) groups is 2. The van der Waals surface area contributed by atoms with Crippen LogP contribution in [-0.4, -0.2) is 34.6 Å². The maximum absolute atomic E-state index is 12.3. The molecule has 0 aromatic heterocycles. The minimum Gasteiger partial charge on any atom is -0.339 e. The van der Waals surface area contributed by atoms with Gasteiger partial charge in [-0.05, 0) is 44.5 Å². The van der Waals surface area contributed by atoms with E-state index in [4.69, 9.17) is 0 Å². The van der Waals surface area contributed by atoms with Gasteiger partial charge in [0.25, 0.3) is 11.6 Å². The van der Waals surface area contributed by atoms with Gasteiger partial charge in [0.2, 0.25) is 0 Å². The number of carbonyl (C=O) groups excluding carboxylic acids is 2. The van der Waals surface area contributed by atoms with Crippen molar-refractivity contribution in [3.8, 4) is 0 Å². The van der Waals surface area contributed by atoms with E-state index in [0.29, 0.717) is 18.7 Å². The van der Waals surface area contributed by atoms with Gasteiger partial charge in [0.1, 0.15) is 0 Å². The molecule has 0 aliphatic rings. The van der Waals surface area contributed by atoms with Crippen molar-refractivity contribution >= 4 is 23.5 Å². The van der Waals surface area contributed by atoms with Crippen molar-refractivity contribution in [1.82, 2.24) is 4.90 Å². The summed E-state index contributed by atoms with van der Waals surface area (Å²) >= 11 is 0. The lowest BCUT2D eigenvalue weighted by atomic mass is 10.1. The monoisotopic (exact) mass is 290 g/mol. The Morgan fingerprint density at radius 1 is 1.19 bits per heavy atom. The highest BCUT2D eigenvalue weighted by Gasteiger charge is 2.19. The van der Waals surface area contributed by atoms with Crippen LogP contribution in [0.2, 0.25) is 0 Å². The fourth-order valence-corrected chi connectivity index (χ4v) is 1.85. The van der Waals surface area contributed by atoms with Crippen molar-refractivity contribution in [1.29, 1.82) is 0 Å². The second-order valence-electron chi connectivity index (χ2n) is 4.44. The summed E-state index contributed by atoms with van der Waals surface area (Å²) in [5, 5.41) is 10.6. The average Bonchev–Trinajstić information content (AvgIpc) is 2.46. The van der Waals surface area contributed by atoms with Crippen LogP contribution >= 0.6 is 0 Å². The van der Waals surface area contributed by atoms with Crippen LogP contribution in [0, 0.1) is 10.1 Å². The summed E-state index contributed by atoms with van der Waals surface area (Å²) < 4.78 is 0. The number of hydrogen-bond donors (Lipinski definition) is 0. The number of hydrogen-bond acceptors (Lipinski definition) is 4. The first-order valence-corrected chi connectivity index (χ1v) is 6.67. The lowest BCUT2D eigenvalue weighted by Gasteiger charge is -2.19. The SMILES string of the molecule is CCN(CC)C(=O)C(=Cc1ccc([N+](=O)[O-])cc1)C(C)=O. The van der Waals surface area contributed by atoms with Crippen LogP contribution in [0.5, 0.6) is 0 Å². The third kappa shape index (κ3) is 4.24. The molecule has 1 aromatic rings. The zero-order valence-corrected chi connectivity index (χ0v) is 12.3. The van der Waals surface area contributed by atoms with Gasteiger partial charge in [-0.3, -0.25) is 19.7 Å². The number of likely N-dealkylation sites (N-methyl/N-ethyl adjacent to an activating group) is 1. The molecule has 0 heterocycles. The third-order valence-electron chi connectivity index (χ3n) is 3.08. The molecule has 6 heteroatoms. The standard InChI is InChI=1S/C15H18N2O4/c1-4-16(5-2)15(19)14(11(3)18)10-12-6-8-13(9-7-12)17(20)21/h6-10H,4-5H2,1-3H3. The van der Waals surface area contributed by atoms with Gasteiger partial charge in [-0.15, -0.1) is 0 Å². The Kier molecular flexibility index (Phi) is 5.78. The van der Waals surface area contributed by atoms with E-state index in [1.807, 2.05) is 13.8 Å². The molecule has 0 aliphatic carbocycles. The van der Waals surface area contributed by atoms with Crippen LogP contribution in [0.4, 0.5) is 5.69 Å². The molecule has 1 rings (SSSR count). The minimum absolute atomic E-state index is 0.0356. The number of Topliss-reactive ketones (excluding diaryl/α,β-unsaturated/α-hetero) is 1. The Balaban J connectivity index is 3.13. The fraction of sp³-hybridized carbons (Fsp3) is 0.333. The molecular formula is C15H18N2O4. The minimum atomic E-state index is -0.500. The molecule has 6 nitrogen and oxygen atoms in total. The second-order valence-corrected chi connectivity index (χ2v) is 4.44. The average molecular weight is 290 g/mol. The van der Waals surface area contributed by atoms with Crippen LogP contribution in [0.3, 0.4) is 0 Å². The van der Waals surface area contributed by atoms with E-state index in [2.05, 4.69) is 0 Å². The highest BCUT2D eigenvalue weighted by atomic mass is 16.6. The number of amides is 1. The summed E-state index contributed by atoms with van der Waals surface area (Å²) in [6.07, 6.45) is 1.46. The van der Waals surface area contributed by atoms with Crippen molar-refractivity contribution in [3.05, 3.63) is 45.5 Å². The van der Waals surface area contributed by atoms with Crippen molar-refractivity contribution in [2.24, 2.45) is 0 Å². The van der Waals surface area contributed by atoms with Gasteiger partial charge < -0.3 is 4.90 Å². The lowest BCUT2D eigenvalue weighted by Crippen LogP contribution is -2.33. The van der Waals surface area contributed by atoms with E-state index in [0.717, 1.165) is 0 Å². The van der Waals surface area contributed by atoms with Gasteiger partial charge >= 0.3 is 0 Å². The number of non-ortho nitro benzene ring substituents is 1. The summed E-state index contributed by atoms with van der Waals surface area (Å²) in [5.41, 5.74) is 0.616. The smallest absolute Gasteiger partial charge is 0.269 e. The van der Waals surface area contributed by atoms with E-state index in [1.165, 1.54) is 37.3 Å². The number of nitro groups is 1. The number of nitro benzene ring substituents is 1. The summed E-state index contributed by atoms with van der Waals surface area (Å²) in [6.45, 7) is 6.04. The van der Waals surface area contributed by atoms with Crippen molar-refractivity contribution in [2.75, 3.05) is 13.1 Å². The largest absolute Gasteiger partial charge is 0.339 e. The predicted octanol–water partition coefficient (Wildman–Crippen LogP) is 2.44. The van der Waals surface area contributed by atoms with E-state index in [1.54, 1.807) is 4.90 Å². The molecule has 112 valence electrons. The molecule has 0 saturated heterocycles. The number of nitrogens with zero attached hydrogens (tertiary/aromatic N) is 2. The van der Waals surface area contributed by atoms with Crippen molar-refractivity contribution < 1.29 is 14.5 Å². The topological polar surface area (TPSA) is 80.5 Å². The molecule has 0 aliphatic heterocycles.